The topological polar surface area (TPSA) is 92.5 Å². The van der Waals surface area contributed by atoms with Gasteiger partial charge >= 0.3 is 6.18 Å². The predicted molar refractivity (Wildman–Crippen MR) is 132 cm³/mol. The number of sulfonamides is 1. The summed E-state index contributed by atoms with van der Waals surface area (Å²) in [5, 5.41) is 7.64. The molecule has 1 aliphatic heterocycles. The standard InChI is InChI=1S/C24H22BF3N6O2S/c25-20-15-31-34-22(30-14-16-3-2-8-29-13-16)12-21(32-23(20)34)17-6-9-33(10-7-17)37(35,36)19-5-1-4-18(11-19)24(26,27)28/h1-5,8,11-13,15,17,30H,6-7,9-10,14H2. The number of piperidine rings is 1. The first-order valence-electron chi connectivity index (χ1n) is 11.6. The zero-order valence-corrected chi connectivity index (χ0v) is 20.4. The summed E-state index contributed by atoms with van der Waals surface area (Å²) in [6, 6.07) is 9.49. The molecule has 1 aliphatic rings. The minimum Gasteiger partial charge on any atom is -0.366 e. The van der Waals surface area contributed by atoms with Gasteiger partial charge in [0, 0.05) is 55.9 Å². The maximum Gasteiger partial charge on any atom is 0.416 e. The number of fused-ring (bicyclic) bond motifs is 1. The van der Waals surface area contributed by atoms with Gasteiger partial charge in [-0.3, -0.25) is 4.98 Å². The Morgan fingerprint density at radius 2 is 1.86 bits per heavy atom. The maximum absolute atomic E-state index is 13.1. The highest BCUT2D eigenvalue weighted by atomic mass is 32.2. The monoisotopic (exact) mass is 526 g/mol. The lowest BCUT2D eigenvalue weighted by Crippen LogP contribution is -2.38. The van der Waals surface area contributed by atoms with E-state index < -0.39 is 21.8 Å². The highest BCUT2D eigenvalue weighted by Gasteiger charge is 2.34. The minimum atomic E-state index is -4.62. The fourth-order valence-electron chi connectivity index (χ4n) is 4.40. The van der Waals surface area contributed by atoms with E-state index in [9.17, 15) is 21.6 Å². The Balaban J connectivity index is 1.35. The highest BCUT2D eigenvalue weighted by Crippen LogP contribution is 2.34. The Morgan fingerprint density at radius 3 is 2.57 bits per heavy atom. The van der Waals surface area contributed by atoms with E-state index in [2.05, 4.69) is 20.4 Å². The third-order valence-electron chi connectivity index (χ3n) is 6.39. The smallest absolute Gasteiger partial charge is 0.366 e. The Labute approximate surface area is 213 Å². The summed E-state index contributed by atoms with van der Waals surface area (Å²) in [4.78, 5) is 8.44. The SMILES string of the molecule is [B]c1cnn2c(NCc3cccnc3)cc(C3CCN(S(=O)(=O)c4cccc(C(F)(F)F)c4)CC3)nc12. The number of aromatic nitrogens is 4. The Bertz CT molecular complexity index is 1520. The number of anilines is 1. The molecule has 4 heterocycles. The largest absolute Gasteiger partial charge is 0.416 e. The Kier molecular flexibility index (Phi) is 6.67. The fourth-order valence-corrected chi connectivity index (χ4v) is 5.92. The van der Waals surface area contributed by atoms with Crippen molar-refractivity contribution >= 4 is 34.8 Å². The minimum absolute atomic E-state index is 0.0637. The van der Waals surface area contributed by atoms with Crippen LogP contribution in [-0.2, 0) is 22.7 Å². The highest BCUT2D eigenvalue weighted by molar-refractivity contribution is 7.89. The number of benzene rings is 1. The van der Waals surface area contributed by atoms with Crippen molar-refractivity contribution in [2.75, 3.05) is 18.4 Å². The van der Waals surface area contributed by atoms with Crippen molar-refractivity contribution in [1.29, 1.82) is 0 Å². The molecule has 190 valence electrons. The van der Waals surface area contributed by atoms with Gasteiger partial charge in [0.1, 0.15) is 19.3 Å². The molecule has 1 saturated heterocycles. The molecule has 0 spiro atoms. The molecule has 4 aromatic rings. The first-order chi connectivity index (χ1) is 17.6. The van der Waals surface area contributed by atoms with Crippen LogP contribution in [0, 0.1) is 0 Å². The first kappa shape index (κ1) is 25.2. The zero-order valence-electron chi connectivity index (χ0n) is 19.6. The van der Waals surface area contributed by atoms with E-state index >= 15 is 0 Å². The van der Waals surface area contributed by atoms with E-state index in [1.165, 1.54) is 16.6 Å². The van der Waals surface area contributed by atoms with Gasteiger partial charge < -0.3 is 5.32 Å². The Hall–Kier alpha value is -3.45. The molecule has 0 saturated carbocycles. The van der Waals surface area contributed by atoms with Crippen molar-refractivity contribution in [3.8, 4) is 0 Å². The number of hydrogen-bond donors (Lipinski definition) is 1. The molecule has 13 heteroatoms. The molecule has 1 fully saturated rings. The van der Waals surface area contributed by atoms with Crippen LogP contribution >= 0.6 is 0 Å². The average molecular weight is 526 g/mol. The quantitative estimate of drug-likeness (QED) is 0.389. The van der Waals surface area contributed by atoms with Gasteiger partial charge in [0.25, 0.3) is 0 Å². The summed E-state index contributed by atoms with van der Waals surface area (Å²) >= 11 is 0. The van der Waals surface area contributed by atoms with Crippen molar-refractivity contribution in [2.45, 2.75) is 36.4 Å². The summed E-state index contributed by atoms with van der Waals surface area (Å²) in [6.07, 6.45) is 1.26. The van der Waals surface area contributed by atoms with Gasteiger partial charge in [-0.15, -0.1) is 0 Å². The number of rotatable bonds is 6. The number of nitrogens with one attached hydrogen (secondary N) is 1. The number of alkyl halides is 3. The molecule has 0 unspecified atom stereocenters. The average Bonchev–Trinajstić information content (AvgIpc) is 3.28. The van der Waals surface area contributed by atoms with Crippen LogP contribution in [-0.4, -0.2) is 53.2 Å². The van der Waals surface area contributed by atoms with Crippen molar-refractivity contribution in [3.05, 3.63) is 77.9 Å². The Morgan fingerprint density at radius 1 is 1.08 bits per heavy atom. The van der Waals surface area contributed by atoms with E-state index in [0.717, 1.165) is 23.4 Å². The van der Waals surface area contributed by atoms with Gasteiger partial charge in [0.05, 0.1) is 10.5 Å². The molecule has 1 aromatic carbocycles. The van der Waals surface area contributed by atoms with Crippen molar-refractivity contribution in [3.63, 3.8) is 0 Å². The van der Waals surface area contributed by atoms with E-state index in [4.69, 9.17) is 7.85 Å². The fraction of sp³-hybridized carbons (Fsp3) is 0.292. The number of halogens is 3. The molecule has 37 heavy (non-hydrogen) atoms. The van der Waals surface area contributed by atoms with E-state index in [1.54, 1.807) is 16.9 Å². The lowest BCUT2D eigenvalue weighted by molar-refractivity contribution is -0.137. The maximum atomic E-state index is 13.1. The third-order valence-corrected chi connectivity index (χ3v) is 8.28. The molecule has 5 rings (SSSR count). The van der Waals surface area contributed by atoms with Crippen LogP contribution in [0.1, 0.15) is 35.6 Å². The van der Waals surface area contributed by atoms with Crippen LogP contribution in [0.4, 0.5) is 19.0 Å². The van der Waals surface area contributed by atoms with Crippen LogP contribution in [0.5, 0.6) is 0 Å². The molecule has 8 nitrogen and oxygen atoms in total. The zero-order chi connectivity index (χ0) is 26.2. The normalized spacial score (nSPS) is 15.8. The third kappa shape index (κ3) is 5.19. The number of hydrogen-bond acceptors (Lipinski definition) is 6. The summed E-state index contributed by atoms with van der Waals surface area (Å²) < 4.78 is 68.3. The van der Waals surface area contributed by atoms with Crippen LogP contribution in [0.25, 0.3) is 5.65 Å². The molecule has 2 radical (unpaired) electrons. The molecular formula is C24H22BF3N6O2S. The first-order valence-corrected chi connectivity index (χ1v) is 13.0. The number of pyridine rings is 1. The molecule has 0 amide bonds. The van der Waals surface area contributed by atoms with Gasteiger partial charge in [0.2, 0.25) is 10.0 Å². The number of nitrogens with zero attached hydrogens (tertiary/aromatic N) is 5. The predicted octanol–water partition coefficient (Wildman–Crippen LogP) is 3.12. The van der Waals surface area contributed by atoms with E-state index in [0.29, 0.717) is 42.4 Å². The van der Waals surface area contributed by atoms with Crippen LogP contribution in [0.2, 0.25) is 0 Å². The van der Waals surface area contributed by atoms with Crippen LogP contribution < -0.4 is 10.8 Å². The molecule has 0 atom stereocenters. The van der Waals surface area contributed by atoms with Crippen LogP contribution in [0.3, 0.4) is 0 Å². The van der Waals surface area contributed by atoms with E-state index in [-0.39, 0.29) is 23.9 Å². The van der Waals surface area contributed by atoms with Gasteiger partial charge in [-0.25, -0.2) is 13.4 Å². The van der Waals surface area contributed by atoms with Crippen LogP contribution in [0.15, 0.2) is 66.0 Å². The summed E-state index contributed by atoms with van der Waals surface area (Å²) in [7, 11) is 2.02. The second-order valence-corrected chi connectivity index (χ2v) is 10.8. The second-order valence-electron chi connectivity index (χ2n) is 8.82. The molecule has 3 aromatic heterocycles. The van der Waals surface area contributed by atoms with Gasteiger partial charge in [-0.05, 0) is 48.1 Å². The van der Waals surface area contributed by atoms with Gasteiger partial charge in [-0.2, -0.15) is 27.1 Å². The molecule has 0 aliphatic carbocycles. The van der Waals surface area contributed by atoms with Crippen molar-refractivity contribution in [1.82, 2.24) is 23.9 Å². The lowest BCUT2D eigenvalue weighted by atomic mass is 9.94. The molecule has 0 bridgehead atoms. The summed E-state index contributed by atoms with van der Waals surface area (Å²) in [5.74, 6) is 0.616. The van der Waals surface area contributed by atoms with Gasteiger partial charge in [0.15, 0.2) is 0 Å². The van der Waals surface area contributed by atoms with Crippen molar-refractivity contribution in [2.24, 2.45) is 0 Å². The summed E-state index contributed by atoms with van der Waals surface area (Å²) in [5.41, 5.74) is 1.62. The molecular weight excluding hydrogens is 504 g/mol. The summed E-state index contributed by atoms with van der Waals surface area (Å²) in [6.45, 7) is 0.812. The lowest BCUT2D eigenvalue weighted by Gasteiger charge is -2.31. The van der Waals surface area contributed by atoms with E-state index in [1.807, 2.05) is 18.2 Å². The second kappa shape index (κ2) is 9.79. The molecule has 1 N–H and O–H groups in total. The van der Waals surface area contributed by atoms with Gasteiger partial charge in [-0.1, -0.05) is 12.1 Å². The van der Waals surface area contributed by atoms with Crippen molar-refractivity contribution < 1.29 is 21.6 Å².